The van der Waals surface area contributed by atoms with Gasteiger partial charge in [0.25, 0.3) is 10.0 Å². The van der Waals surface area contributed by atoms with Crippen molar-refractivity contribution in [3.8, 4) is 5.75 Å². The van der Waals surface area contributed by atoms with Crippen LogP contribution in [0.15, 0.2) is 70.2 Å². The average molecular weight is 470 g/mol. The second kappa shape index (κ2) is 9.99. The Balaban J connectivity index is 1.60. The number of hydrogen-bond acceptors (Lipinski definition) is 6. The quantitative estimate of drug-likeness (QED) is 0.486. The number of rotatable bonds is 9. The van der Waals surface area contributed by atoms with Crippen molar-refractivity contribution >= 4 is 33.0 Å². The molecule has 3 aromatic rings. The number of amides is 1. The van der Waals surface area contributed by atoms with E-state index in [0.29, 0.717) is 29.2 Å². The number of carbonyl (C=O) groups is 1. The predicted molar refractivity (Wildman–Crippen MR) is 127 cm³/mol. The third-order valence-electron chi connectivity index (χ3n) is 5.51. The second-order valence-corrected chi connectivity index (χ2v) is 9.46. The van der Waals surface area contributed by atoms with E-state index >= 15 is 0 Å². The lowest BCUT2D eigenvalue weighted by Crippen LogP contribution is -2.23. The van der Waals surface area contributed by atoms with Crippen LogP contribution in [0.3, 0.4) is 0 Å². The third kappa shape index (κ3) is 5.48. The maximum atomic E-state index is 13.4. The van der Waals surface area contributed by atoms with Gasteiger partial charge >= 0.3 is 0 Å². The summed E-state index contributed by atoms with van der Waals surface area (Å²) in [5, 5.41) is 2.81. The highest BCUT2D eigenvalue weighted by Crippen LogP contribution is 2.34. The van der Waals surface area contributed by atoms with Gasteiger partial charge in [-0.15, -0.1) is 0 Å². The normalized spacial score (nSPS) is 13.7. The molecule has 0 aliphatic carbocycles. The summed E-state index contributed by atoms with van der Waals surface area (Å²) in [5.41, 5.74) is 1.38. The van der Waals surface area contributed by atoms with E-state index in [9.17, 15) is 13.2 Å². The summed E-state index contributed by atoms with van der Waals surface area (Å²) in [7, 11) is -2.47. The molecule has 2 N–H and O–H groups in total. The largest absolute Gasteiger partial charge is 0.495 e. The van der Waals surface area contributed by atoms with Crippen molar-refractivity contribution in [3.63, 3.8) is 0 Å². The van der Waals surface area contributed by atoms with E-state index in [4.69, 9.17) is 9.15 Å². The highest BCUT2D eigenvalue weighted by molar-refractivity contribution is 7.93. The number of nitrogens with one attached hydrogen (secondary N) is 2. The molecule has 4 rings (SSSR count). The lowest BCUT2D eigenvalue weighted by molar-refractivity contribution is -0.116. The van der Waals surface area contributed by atoms with Crippen LogP contribution in [0.1, 0.15) is 25.0 Å². The maximum Gasteiger partial charge on any atom is 0.264 e. The zero-order chi connectivity index (χ0) is 23.3. The summed E-state index contributed by atoms with van der Waals surface area (Å²) < 4.78 is 40.1. The van der Waals surface area contributed by atoms with Crippen molar-refractivity contribution < 1.29 is 22.4 Å². The summed E-state index contributed by atoms with van der Waals surface area (Å²) in [6.07, 6.45) is 4.26. The van der Waals surface area contributed by atoms with Gasteiger partial charge in [-0.05, 0) is 55.3 Å². The van der Waals surface area contributed by atoms with E-state index in [2.05, 4.69) is 14.9 Å². The molecule has 0 unspecified atom stereocenters. The summed E-state index contributed by atoms with van der Waals surface area (Å²) in [5.74, 6) is 0.923. The SMILES string of the molecule is COc1ccccc1NS(=O)(=O)c1cc(NC(=O)CCc2ccco2)ccc1N1CCCC1. The number of furan rings is 1. The van der Waals surface area contributed by atoms with Gasteiger partial charge in [-0.25, -0.2) is 8.42 Å². The summed E-state index contributed by atoms with van der Waals surface area (Å²) >= 11 is 0. The number of hydrogen-bond donors (Lipinski definition) is 2. The average Bonchev–Trinajstić information content (AvgIpc) is 3.52. The molecule has 9 heteroatoms. The van der Waals surface area contributed by atoms with Crippen molar-refractivity contribution in [1.29, 1.82) is 0 Å². The molecule has 1 aliphatic rings. The van der Waals surface area contributed by atoms with Crippen molar-refractivity contribution in [3.05, 3.63) is 66.6 Å². The van der Waals surface area contributed by atoms with Crippen LogP contribution >= 0.6 is 0 Å². The summed E-state index contributed by atoms with van der Waals surface area (Å²) in [6, 6.07) is 15.4. The lowest BCUT2D eigenvalue weighted by atomic mass is 10.2. The second-order valence-electron chi connectivity index (χ2n) is 7.81. The number of ether oxygens (including phenoxy) is 1. The van der Waals surface area contributed by atoms with Gasteiger partial charge in [-0.3, -0.25) is 9.52 Å². The minimum atomic E-state index is -3.96. The van der Waals surface area contributed by atoms with E-state index in [1.807, 2.05) is 6.07 Å². The molecule has 1 fully saturated rings. The predicted octanol–water partition coefficient (Wildman–Crippen LogP) is 4.26. The van der Waals surface area contributed by atoms with E-state index < -0.39 is 10.0 Å². The zero-order valence-corrected chi connectivity index (χ0v) is 19.2. The molecular formula is C24H27N3O5S. The topological polar surface area (TPSA) is 101 Å². The van der Waals surface area contributed by atoms with Gasteiger partial charge in [-0.1, -0.05) is 12.1 Å². The Kier molecular flexibility index (Phi) is 6.88. The maximum absolute atomic E-state index is 13.4. The molecule has 0 atom stereocenters. The Labute approximate surface area is 193 Å². The molecule has 174 valence electrons. The number of anilines is 3. The first-order valence-corrected chi connectivity index (χ1v) is 12.3. The fourth-order valence-corrected chi connectivity index (χ4v) is 5.19. The van der Waals surface area contributed by atoms with E-state index in [1.165, 1.54) is 13.2 Å². The Morgan fingerprint density at radius 1 is 1.09 bits per heavy atom. The highest BCUT2D eigenvalue weighted by Gasteiger charge is 2.25. The molecule has 1 aliphatic heterocycles. The fourth-order valence-electron chi connectivity index (χ4n) is 3.87. The number of aryl methyl sites for hydroxylation is 1. The molecule has 0 spiro atoms. The van der Waals surface area contributed by atoms with Crippen LogP contribution in [0.5, 0.6) is 5.75 Å². The van der Waals surface area contributed by atoms with Crippen molar-refractivity contribution in [1.82, 2.24) is 0 Å². The Morgan fingerprint density at radius 2 is 1.88 bits per heavy atom. The summed E-state index contributed by atoms with van der Waals surface area (Å²) in [4.78, 5) is 14.6. The fraction of sp³-hybridized carbons (Fsp3) is 0.292. The molecular weight excluding hydrogens is 442 g/mol. The van der Waals surface area contributed by atoms with Crippen LogP contribution in [0.25, 0.3) is 0 Å². The molecule has 0 radical (unpaired) electrons. The zero-order valence-electron chi connectivity index (χ0n) is 18.4. The van der Waals surface area contributed by atoms with Crippen LogP contribution in [0.2, 0.25) is 0 Å². The van der Waals surface area contributed by atoms with E-state index in [0.717, 1.165) is 31.7 Å². The van der Waals surface area contributed by atoms with E-state index in [-0.39, 0.29) is 17.2 Å². The molecule has 0 bridgehead atoms. The summed E-state index contributed by atoms with van der Waals surface area (Å²) in [6.45, 7) is 1.57. The highest BCUT2D eigenvalue weighted by atomic mass is 32.2. The standard InChI is InChI=1S/C24H27N3O5S/c1-31-22-9-3-2-8-20(22)26-33(29,30)23-17-18(10-12-21(23)27-14-4-5-15-27)25-24(28)13-11-19-7-6-16-32-19/h2-3,6-10,12,16-17,26H,4-5,11,13-15H2,1H3,(H,25,28). The number of nitrogens with zero attached hydrogens (tertiary/aromatic N) is 1. The number of para-hydroxylation sites is 2. The molecule has 1 aromatic heterocycles. The van der Waals surface area contributed by atoms with E-state index in [1.54, 1.807) is 48.7 Å². The van der Waals surface area contributed by atoms with Gasteiger partial charge in [0, 0.05) is 31.6 Å². The third-order valence-corrected chi connectivity index (χ3v) is 6.90. The van der Waals surface area contributed by atoms with Gasteiger partial charge in [-0.2, -0.15) is 0 Å². The first-order chi connectivity index (χ1) is 16.0. The molecule has 8 nitrogen and oxygen atoms in total. The van der Waals surface area contributed by atoms with Crippen LogP contribution in [0, 0.1) is 0 Å². The molecule has 33 heavy (non-hydrogen) atoms. The monoisotopic (exact) mass is 469 g/mol. The van der Waals surface area contributed by atoms with Gasteiger partial charge < -0.3 is 19.4 Å². The van der Waals surface area contributed by atoms with Gasteiger partial charge in [0.2, 0.25) is 5.91 Å². The Hall–Kier alpha value is -3.46. The molecule has 2 aromatic carbocycles. The number of methoxy groups -OCH3 is 1. The minimum absolute atomic E-state index is 0.110. The van der Waals surface area contributed by atoms with Gasteiger partial charge in [0.15, 0.2) is 0 Å². The first kappa shape index (κ1) is 22.7. The van der Waals surface area contributed by atoms with Gasteiger partial charge in [0.05, 0.1) is 24.7 Å². The molecule has 2 heterocycles. The number of carbonyl (C=O) groups excluding carboxylic acids is 1. The first-order valence-electron chi connectivity index (χ1n) is 10.8. The minimum Gasteiger partial charge on any atom is -0.495 e. The Morgan fingerprint density at radius 3 is 2.61 bits per heavy atom. The van der Waals surface area contributed by atoms with Crippen LogP contribution in [-0.4, -0.2) is 34.5 Å². The van der Waals surface area contributed by atoms with Gasteiger partial charge in [0.1, 0.15) is 16.4 Å². The number of sulfonamides is 1. The van der Waals surface area contributed by atoms with Crippen LogP contribution < -0.4 is 19.7 Å². The molecule has 0 saturated carbocycles. The van der Waals surface area contributed by atoms with Crippen molar-refractivity contribution in [2.24, 2.45) is 0 Å². The molecule has 1 saturated heterocycles. The van der Waals surface area contributed by atoms with Crippen LogP contribution in [0.4, 0.5) is 17.1 Å². The lowest BCUT2D eigenvalue weighted by Gasteiger charge is -2.23. The number of benzene rings is 2. The van der Waals surface area contributed by atoms with Crippen molar-refractivity contribution in [2.75, 3.05) is 35.1 Å². The Bertz CT molecular complexity index is 1200. The van der Waals surface area contributed by atoms with Crippen LogP contribution in [-0.2, 0) is 21.2 Å². The van der Waals surface area contributed by atoms with Crippen molar-refractivity contribution in [2.45, 2.75) is 30.6 Å². The molecule has 1 amide bonds. The smallest absolute Gasteiger partial charge is 0.264 e.